The van der Waals surface area contributed by atoms with E-state index in [1.165, 1.54) is 5.56 Å². The van der Waals surface area contributed by atoms with Crippen molar-refractivity contribution in [2.24, 2.45) is 5.41 Å². The van der Waals surface area contributed by atoms with E-state index in [4.69, 9.17) is 4.74 Å². The topological polar surface area (TPSA) is 38.3 Å². The van der Waals surface area contributed by atoms with Gasteiger partial charge in [-0.1, -0.05) is 13.0 Å². The Labute approximate surface area is 95.8 Å². The maximum atomic E-state index is 11.9. The fraction of sp³-hybridized carbons (Fsp3) is 0.462. The normalized spacial score (nSPS) is 18.1. The highest BCUT2D eigenvalue weighted by Gasteiger charge is 2.32. The number of hydrogen-bond donors (Lipinski definition) is 1. The van der Waals surface area contributed by atoms with Crippen LogP contribution in [0.5, 0.6) is 5.75 Å². The van der Waals surface area contributed by atoms with Gasteiger partial charge in [-0.25, -0.2) is 0 Å². The number of fused-ring (bicyclic) bond motifs is 1. The van der Waals surface area contributed by atoms with Gasteiger partial charge in [-0.15, -0.1) is 0 Å². The zero-order chi connectivity index (χ0) is 11.8. The fourth-order valence-electron chi connectivity index (χ4n) is 1.64. The van der Waals surface area contributed by atoms with Crippen molar-refractivity contribution in [3.63, 3.8) is 0 Å². The van der Waals surface area contributed by atoms with E-state index < -0.39 is 5.41 Å². The summed E-state index contributed by atoms with van der Waals surface area (Å²) in [6, 6.07) is 5.94. The maximum Gasteiger partial charge on any atom is 0.233 e. The number of rotatable bonds is 1. The Balaban J connectivity index is 2.37. The Bertz CT molecular complexity index is 424. The minimum absolute atomic E-state index is 0.0134. The molecule has 86 valence electrons. The lowest BCUT2D eigenvalue weighted by Crippen LogP contribution is -2.33. The highest BCUT2D eigenvalue weighted by Crippen LogP contribution is 2.32. The van der Waals surface area contributed by atoms with Crippen LogP contribution in [0.1, 0.15) is 26.3 Å². The lowest BCUT2D eigenvalue weighted by atomic mass is 9.94. The van der Waals surface area contributed by atoms with Crippen molar-refractivity contribution in [2.45, 2.75) is 27.2 Å². The summed E-state index contributed by atoms with van der Waals surface area (Å²) in [5.41, 5.74) is 1.50. The minimum Gasteiger partial charge on any atom is -0.490 e. The highest BCUT2D eigenvalue weighted by atomic mass is 16.5. The van der Waals surface area contributed by atoms with E-state index >= 15 is 0 Å². The van der Waals surface area contributed by atoms with Gasteiger partial charge in [0.1, 0.15) is 12.4 Å². The van der Waals surface area contributed by atoms with Crippen LogP contribution in [0.25, 0.3) is 0 Å². The molecule has 0 aromatic heterocycles. The van der Waals surface area contributed by atoms with E-state index in [-0.39, 0.29) is 5.91 Å². The maximum absolute atomic E-state index is 11.9. The second-order valence-electron chi connectivity index (χ2n) is 4.81. The predicted molar refractivity (Wildman–Crippen MR) is 63.7 cm³/mol. The van der Waals surface area contributed by atoms with E-state index in [0.717, 1.165) is 17.9 Å². The third kappa shape index (κ3) is 1.90. The van der Waals surface area contributed by atoms with Crippen molar-refractivity contribution >= 4 is 11.6 Å². The molecular weight excluding hydrogens is 202 g/mol. The molecule has 0 atom stereocenters. The van der Waals surface area contributed by atoms with Gasteiger partial charge in [-0.2, -0.15) is 0 Å². The van der Waals surface area contributed by atoms with Crippen LogP contribution in [0.2, 0.25) is 0 Å². The second kappa shape index (κ2) is 3.81. The molecule has 1 aromatic carbocycles. The van der Waals surface area contributed by atoms with Gasteiger partial charge < -0.3 is 10.1 Å². The Hall–Kier alpha value is -1.51. The molecule has 1 aliphatic heterocycles. The molecule has 1 heterocycles. The zero-order valence-electron chi connectivity index (χ0n) is 9.96. The molecule has 2 rings (SSSR count). The van der Waals surface area contributed by atoms with Gasteiger partial charge in [-0.3, -0.25) is 4.79 Å². The van der Waals surface area contributed by atoms with E-state index in [1.807, 2.05) is 32.0 Å². The van der Waals surface area contributed by atoms with Crippen molar-refractivity contribution < 1.29 is 9.53 Å². The van der Waals surface area contributed by atoms with Crippen LogP contribution in [-0.4, -0.2) is 12.5 Å². The van der Waals surface area contributed by atoms with Crippen molar-refractivity contribution in [2.75, 3.05) is 11.9 Å². The van der Waals surface area contributed by atoms with Crippen LogP contribution >= 0.6 is 0 Å². The summed E-state index contributed by atoms with van der Waals surface area (Å²) in [6.07, 6.45) is 0.951. The molecule has 0 saturated heterocycles. The van der Waals surface area contributed by atoms with Crippen LogP contribution in [0, 0.1) is 5.41 Å². The Morgan fingerprint density at radius 2 is 2.19 bits per heavy atom. The van der Waals surface area contributed by atoms with Gasteiger partial charge in [-0.05, 0) is 38.0 Å². The van der Waals surface area contributed by atoms with Crippen LogP contribution < -0.4 is 10.1 Å². The lowest BCUT2D eigenvalue weighted by Gasteiger charge is -2.18. The predicted octanol–water partition coefficient (Wildman–Crippen LogP) is 2.61. The summed E-state index contributed by atoms with van der Waals surface area (Å²) in [7, 11) is 0. The second-order valence-corrected chi connectivity index (χ2v) is 4.81. The molecule has 0 fully saturated rings. The largest absolute Gasteiger partial charge is 0.490 e. The summed E-state index contributed by atoms with van der Waals surface area (Å²) in [4.78, 5) is 11.9. The summed E-state index contributed by atoms with van der Waals surface area (Å²) >= 11 is 0. The average molecular weight is 219 g/mol. The number of hydrogen-bond acceptors (Lipinski definition) is 2. The third-order valence-corrected chi connectivity index (χ3v) is 2.90. The summed E-state index contributed by atoms with van der Waals surface area (Å²) in [6.45, 7) is 6.27. The van der Waals surface area contributed by atoms with Crippen molar-refractivity contribution in [3.05, 3.63) is 23.8 Å². The van der Waals surface area contributed by atoms with E-state index in [2.05, 4.69) is 12.2 Å². The van der Waals surface area contributed by atoms with E-state index in [1.54, 1.807) is 0 Å². The number of aryl methyl sites for hydroxylation is 1. The molecule has 1 aromatic rings. The van der Waals surface area contributed by atoms with Gasteiger partial charge >= 0.3 is 0 Å². The Morgan fingerprint density at radius 1 is 1.44 bits per heavy atom. The SMILES string of the molecule is CCc1ccc2c(c1)NC(=O)C(C)(C)CO2. The number of ether oxygens (including phenoxy) is 1. The number of amides is 1. The monoisotopic (exact) mass is 219 g/mol. The molecule has 0 aliphatic carbocycles. The fourth-order valence-corrected chi connectivity index (χ4v) is 1.64. The molecule has 3 heteroatoms. The van der Waals surface area contributed by atoms with Gasteiger partial charge in [0.05, 0.1) is 11.1 Å². The van der Waals surface area contributed by atoms with Crippen LogP contribution in [0.15, 0.2) is 18.2 Å². The number of anilines is 1. The molecule has 0 bridgehead atoms. The lowest BCUT2D eigenvalue weighted by molar-refractivity contribution is -0.124. The van der Waals surface area contributed by atoms with Crippen molar-refractivity contribution in [1.29, 1.82) is 0 Å². The molecule has 1 amide bonds. The van der Waals surface area contributed by atoms with Crippen molar-refractivity contribution in [3.8, 4) is 5.75 Å². The Morgan fingerprint density at radius 3 is 2.88 bits per heavy atom. The molecule has 1 aliphatic rings. The van der Waals surface area contributed by atoms with E-state index in [0.29, 0.717) is 6.61 Å². The van der Waals surface area contributed by atoms with Crippen molar-refractivity contribution in [1.82, 2.24) is 0 Å². The first-order chi connectivity index (χ1) is 7.53. The first-order valence-electron chi connectivity index (χ1n) is 5.60. The number of carbonyl (C=O) groups excluding carboxylic acids is 1. The van der Waals surface area contributed by atoms with Gasteiger partial charge in [0.15, 0.2) is 0 Å². The molecule has 1 N–H and O–H groups in total. The zero-order valence-corrected chi connectivity index (χ0v) is 9.96. The summed E-state index contributed by atoms with van der Waals surface area (Å²) in [5.74, 6) is 0.774. The van der Waals surface area contributed by atoms with Gasteiger partial charge in [0.2, 0.25) is 5.91 Å². The number of carbonyl (C=O) groups is 1. The molecule has 0 saturated carbocycles. The standard InChI is InChI=1S/C13H17NO2/c1-4-9-5-6-11-10(7-9)14-12(15)13(2,3)8-16-11/h5-7H,4,8H2,1-3H3,(H,14,15). The van der Waals surface area contributed by atoms with Crippen LogP contribution in [0.3, 0.4) is 0 Å². The quantitative estimate of drug-likeness (QED) is 0.788. The van der Waals surface area contributed by atoms with Crippen LogP contribution in [0.4, 0.5) is 5.69 Å². The molecule has 0 spiro atoms. The van der Waals surface area contributed by atoms with Gasteiger partial charge in [0, 0.05) is 0 Å². The van der Waals surface area contributed by atoms with Gasteiger partial charge in [0.25, 0.3) is 0 Å². The van der Waals surface area contributed by atoms with E-state index in [9.17, 15) is 4.79 Å². The molecule has 0 radical (unpaired) electrons. The molecule has 16 heavy (non-hydrogen) atoms. The number of nitrogens with one attached hydrogen (secondary N) is 1. The first-order valence-corrected chi connectivity index (χ1v) is 5.60. The smallest absolute Gasteiger partial charge is 0.233 e. The molecule has 0 unspecified atom stereocenters. The summed E-state index contributed by atoms with van der Waals surface area (Å²) in [5, 5.41) is 2.92. The minimum atomic E-state index is -0.481. The molecular formula is C13H17NO2. The number of benzene rings is 1. The average Bonchev–Trinajstić information content (AvgIpc) is 2.36. The third-order valence-electron chi connectivity index (χ3n) is 2.90. The summed E-state index contributed by atoms with van der Waals surface area (Å²) < 4.78 is 5.65. The highest BCUT2D eigenvalue weighted by molar-refractivity contribution is 5.97. The van der Waals surface area contributed by atoms with Crippen LogP contribution in [-0.2, 0) is 11.2 Å². The first kappa shape index (κ1) is 11.0. The molecule has 3 nitrogen and oxygen atoms in total. The Kier molecular flexibility index (Phi) is 2.62.